The minimum absolute atomic E-state index is 0.0642. The molecule has 0 saturated carbocycles. The van der Waals surface area contributed by atoms with Crippen LogP contribution in [-0.4, -0.2) is 12.6 Å². The molecular formula is C18H25NO2. The van der Waals surface area contributed by atoms with E-state index in [0.29, 0.717) is 0 Å². The van der Waals surface area contributed by atoms with E-state index in [2.05, 4.69) is 24.4 Å². The van der Waals surface area contributed by atoms with Crippen LogP contribution < -0.4 is 10.1 Å². The lowest BCUT2D eigenvalue weighted by atomic mass is 10.0. The fraction of sp³-hybridized carbons (Fsp3) is 0.444. The largest absolute Gasteiger partial charge is 0.491 e. The van der Waals surface area contributed by atoms with Gasteiger partial charge in [-0.15, -0.1) is 0 Å². The fourth-order valence-corrected chi connectivity index (χ4v) is 2.32. The Labute approximate surface area is 127 Å². The second kappa shape index (κ2) is 7.32. The van der Waals surface area contributed by atoms with E-state index in [-0.39, 0.29) is 12.1 Å². The minimum atomic E-state index is 0.0642. The second-order valence-corrected chi connectivity index (χ2v) is 5.57. The molecule has 0 spiro atoms. The zero-order chi connectivity index (χ0) is 15.2. The zero-order valence-electron chi connectivity index (χ0n) is 13.3. The van der Waals surface area contributed by atoms with Gasteiger partial charge in [0.1, 0.15) is 17.3 Å². The molecule has 3 heteroatoms. The number of ether oxygens (including phenoxy) is 1. The number of aryl methyl sites for hydroxylation is 1. The van der Waals surface area contributed by atoms with Crippen LogP contribution >= 0.6 is 0 Å². The molecule has 1 aromatic carbocycles. The minimum Gasteiger partial charge on any atom is -0.491 e. The van der Waals surface area contributed by atoms with Crippen molar-refractivity contribution in [3.05, 3.63) is 53.5 Å². The fourth-order valence-electron chi connectivity index (χ4n) is 2.32. The van der Waals surface area contributed by atoms with Gasteiger partial charge in [0.2, 0.25) is 0 Å². The van der Waals surface area contributed by atoms with Crippen LogP contribution in [0.4, 0.5) is 0 Å². The SMILES string of the molecule is CCCNC(c1cccc(OC(C)C)c1)c1ccc(C)o1. The molecule has 1 unspecified atom stereocenters. The topological polar surface area (TPSA) is 34.4 Å². The summed E-state index contributed by atoms with van der Waals surface area (Å²) in [7, 11) is 0. The highest BCUT2D eigenvalue weighted by molar-refractivity contribution is 5.34. The van der Waals surface area contributed by atoms with Crippen molar-refractivity contribution in [3.8, 4) is 5.75 Å². The number of rotatable bonds is 7. The maximum Gasteiger partial charge on any atom is 0.125 e. The molecule has 1 heterocycles. The van der Waals surface area contributed by atoms with Gasteiger partial charge in [0, 0.05) is 0 Å². The van der Waals surface area contributed by atoms with E-state index in [0.717, 1.165) is 35.8 Å². The van der Waals surface area contributed by atoms with Crippen LogP contribution in [0.25, 0.3) is 0 Å². The molecule has 0 aliphatic heterocycles. The summed E-state index contributed by atoms with van der Waals surface area (Å²) in [5.41, 5.74) is 1.16. The van der Waals surface area contributed by atoms with Gasteiger partial charge in [-0.05, 0) is 63.6 Å². The average molecular weight is 287 g/mol. The third-order valence-corrected chi connectivity index (χ3v) is 3.21. The number of furan rings is 1. The van der Waals surface area contributed by atoms with Crippen LogP contribution in [0, 0.1) is 6.92 Å². The molecule has 3 nitrogen and oxygen atoms in total. The highest BCUT2D eigenvalue weighted by Crippen LogP contribution is 2.27. The molecule has 0 aliphatic rings. The van der Waals surface area contributed by atoms with Crippen LogP contribution in [0.5, 0.6) is 5.75 Å². The lowest BCUT2D eigenvalue weighted by Crippen LogP contribution is -2.22. The first-order valence-electron chi connectivity index (χ1n) is 7.66. The third kappa shape index (κ3) is 4.36. The van der Waals surface area contributed by atoms with Gasteiger partial charge in [-0.25, -0.2) is 0 Å². The molecule has 0 aliphatic carbocycles. The predicted octanol–water partition coefficient (Wildman–Crippen LogP) is 4.46. The maximum atomic E-state index is 5.81. The lowest BCUT2D eigenvalue weighted by Gasteiger charge is -2.18. The standard InChI is InChI=1S/C18H25NO2/c1-5-11-19-18(17-10-9-14(4)21-17)15-7-6-8-16(12-15)20-13(2)3/h6-10,12-13,18-19H,5,11H2,1-4H3. The van der Waals surface area contributed by atoms with Crippen LogP contribution in [0.15, 0.2) is 40.8 Å². The molecule has 2 aromatic rings. The molecule has 114 valence electrons. The van der Waals surface area contributed by atoms with Crippen molar-refractivity contribution in [2.24, 2.45) is 0 Å². The van der Waals surface area contributed by atoms with Crippen LogP contribution in [0.1, 0.15) is 50.3 Å². The Bertz CT molecular complexity index is 560. The van der Waals surface area contributed by atoms with E-state index in [1.54, 1.807) is 0 Å². The van der Waals surface area contributed by atoms with Crippen molar-refractivity contribution >= 4 is 0 Å². The summed E-state index contributed by atoms with van der Waals surface area (Å²) >= 11 is 0. The van der Waals surface area contributed by atoms with Gasteiger partial charge in [0.25, 0.3) is 0 Å². The molecule has 21 heavy (non-hydrogen) atoms. The second-order valence-electron chi connectivity index (χ2n) is 5.57. The summed E-state index contributed by atoms with van der Waals surface area (Å²) in [5, 5.41) is 3.55. The molecule has 1 N–H and O–H groups in total. The Morgan fingerprint density at radius 3 is 2.62 bits per heavy atom. The van der Waals surface area contributed by atoms with E-state index < -0.39 is 0 Å². The highest BCUT2D eigenvalue weighted by atomic mass is 16.5. The third-order valence-electron chi connectivity index (χ3n) is 3.21. The Hall–Kier alpha value is -1.74. The van der Waals surface area contributed by atoms with Crippen LogP contribution in [0.3, 0.4) is 0 Å². The van der Waals surface area contributed by atoms with Crippen molar-refractivity contribution in [3.63, 3.8) is 0 Å². The Morgan fingerprint density at radius 1 is 1.19 bits per heavy atom. The number of nitrogens with one attached hydrogen (secondary N) is 1. The molecule has 2 rings (SSSR count). The Morgan fingerprint density at radius 2 is 2.00 bits per heavy atom. The molecule has 0 radical (unpaired) electrons. The summed E-state index contributed by atoms with van der Waals surface area (Å²) < 4.78 is 11.6. The van der Waals surface area contributed by atoms with Crippen molar-refractivity contribution in [2.45, 2.75) is 46.3 Å². The van der Waals surface area contributed by atoms with Crippen molar-refractivity contribution in [1.82, 2.24) is 5.32 Å². The summed E-state index contributed by atoms with van der Waals surface area (Å²) in [6.45, 7) is 9.15. The monoisotopic (exact) mass is 287 g/mol. The first kappa shape index (κ1) is 15.6. The molecule has 1 aromatic heterocycles. The van der Waals surface area contributed by atoms with E-state index in [9.17, 15) is 0 Å². The average Bonchev–Trinajstić information content (AvgIpc) is 2.85. The van der Waals surface area contributed by atoms with Gasteiger partial charge in [-0.1, -0.05) is 19.1 Å². The van der Waals surface area contributed by atoms with E-state index in [1.165, 1.54) is 0 Å². The zero-order valence-corrected chi connectivity index (χ0v) is 13.3. The highest BCUT2D eigenvalue weighted by Gasteiger charge is 2.17. The summed E-state index contributed by atoms with van der Waals surface area (Å²) in [6, 6.07) is 12.3. The molecule has 0 fully saturated rings. The predicted molar refractivity (Wildman–Crippen MR) is 85.8 cm³/mol. The van der Waals surface area contributed by atoms with E-state index in [4.69, 9.17) is 9.15 Å². The Kier molecular flexibility index (Phi) is 5.45. The lowest BCUT2D eigenvalue weighted by molar-refractivity contribution is 0.242. The van der Waals surface area contributed by atoms with Gasteiger partial charge in [0.15, 0.2) is 0 Å². The first-order chi connectivity index (χ1) is 10.1. The van der Waals surface area contributed by atoms with Crippen molar-refractivity contribution in [1.29, 1.82) is 0 Å². The summed E-state index contributed by atoms with van der Waals surface area (Å²) in [6.07, 6.45) is 1.26. The van der Waals surface area contributed by atoms with Crippen molar-refractivity contribution in [2.75, 3.05) is 6.54 Å². The van der Waals surface area contributed by atoms with Gasteiger partial charge < -0.3 is 14.5 Å². The number of hydrogen-bond donors (Lipinski definition) is 1. The van der Waals surface area contributed by atoms with Crippen molar-refractivity contribution < 1.29 is 9.15 Å². The summed E-state index contributed by atoms with van der Waals surface area (Å²) in [5.74, 6) is 2.78. The number of hydrogen-bond acceptors (Lipinski definition) is 3. The van der Waals surface area contributed by atoms with Gasteiger partial charge in [-0.2, -0.15) is 0 Å². The quantitative estimate of drug-likeness (QED) is 0.816. The van der Waals surface area contributed by atoms with E-state index >= 15 is 0 Å². The van der Waals surface area contributed by atoms with Gasteiger partial charge >= 0.3 is 0 Å². The molecule has 0 saturated heterocycles. The smallest absolute Gasteiger partial charge is 0.125 e. The molecular weight excluding hydrogens is 262 g/mol. The van der Waals surface area contributed by atoms with Crippen LogP contribution in [0.2, 0.25) is 0 Å². The molecule has 1 atom stereocenters. The summed E-state index contributed by atoms with van der Waals surface area (Å²) in [4.78, 5) is 0. The van der Waals surface area contributed by atoms with E-state index in [1.807, 2.05) is 45.0 Å². The van der Waals surface area contributed by atoms with Crippen LogP contribution in [-0.2, 0) is 0 Å². The maximum absolute atomic E-state index is 5.81. The molecule has 0 bridgehead atoms. The number of benzene rings is 1. The van der Waals surface area contributed by atoms with Gasteiger partial charge in [0.05, 0.1) is 12.1 Å². The molecule has 0 amide bonds. The normalized spacial score (nSPS) is 12.6. The Balaban J connectivity index is 2.27. The first-order valence-corrected chi connectivity index (χ1v) is 7.66. The van der Waals surface area contributed by atoms with Gasteiger partial charge in [-0.3, -0.25) is 0 Å².